The summed E-state index contributed by atoms with van der Waals surface area (Å²) in [6, 6.07) is 10.7. The molecule has 158 valence electrons. The predicted octanol–water partition coefficient (Wildman–Crippen LogP) is 3.90. The second-order valence-electron chi connectivity index (χ2n) is 6.83. The van der Waals surface area contributed by atoms with Gasteiger partial charge in [0.05, 0.1) is 18.6 Å². The van der Waals surface area contributed by atoms with E-state index in [-0.39, 0.29) is 27.9 Å². The van der Waals surface area contributed by atoms with E-state index in [1.165, 1.54) is 0 Å². The van der Waals surface area contributed by atoms with Crippen molar-refractivity contribution in [3.63, 3.8) is 0 Å². The standard InChI is InChI=1S/C23H22N4O3S/c1-5-10-27-14(2)11-18(15(27)3)20(28)13-31-23-25-21(19(12-24)22(29)26-23)16-6-8-17(30-4)9-7-16/h5-9,11H,1,10,13H2,2-4H3,(H,25,26,29). The van der Waals surface area contributed by atoms with Gasteiger partial charge in [0, 0.05) is 29.1 Å². The number of thioether (sulfide) groups is 1. The van der Waals surface area contributed by atoms with Crippen LogP contribution in [0.25, 0.3) is 11.3 Å². The molecule has 0 aliphatic carbocycles. The maximum atomic E-state index is 12.8. The number of allylic oxidation sites excluding steroid dienone is 1. The lowest BCUT2D eigenvalue weighted by Gasteiger charge is -2.08. The highest BCUT2D eigenvalue weighted by atomic mass is 32.2. The number of nitrogens with zero attached hydrogens (tertiary/aromatic N) is 3. The van der Waals surface area contributed by atoms with Gasteiger partial charge < -0.3 is 14.3 Å². The SMILES string of the molecule is C=CCn1c(C)cc(C(=O)CSc2nc(-c3ccc(OC)cc3)c(C#N)c(=O)[nH]2)c1C. The topological polar surface area (TPSA) is 101 Å². The number of carbonyl (C=O) groups excluding carboxylic acids is 1. The smallest absolute Gasteiger partial charge is 0.270 e. The van der Waals surface area contributed by atoms with Gasteiger partial charge in [-0.3, -0.25) is 9.59 Å². The molecule has 1 aromatic carbocycles. The monoisotopic (exact) mass is 434 g/mol. The highest BCUT2D eigenvalue weighted by molar-refractivity contribution is 7.99. The van der Waals surface area contributed by atoms with Crippen molar-refractivity contribution in [1.82, 2.24) is 14.5 Å². The minimum Gasteiger partial charge on any atom is -0.497 e. The maximum absolute atomic E-state index is 12.8. The molecule has 0 saturated heterocycles. The number of benzene rings is 1. The van der Waals surface area contributed by atoms with Crippen LogP contribution in [0.1, 0.15) is 27.3 Å². The Morgan fingerprint density at radius 2 is 2.06 bits per heavy atom. The van der Waals surface area contributed by atoms with E-state index in [4.69, 9.17) is 4.74 Å². The first kappa shape index (κ1) is 22.1. The van der Waals surface area contributed by atoms with Gasteiger partial charge in [0.15, 0.2) is 10.9 Å². The third kappa shape index (κ3) is 4.62. The zero-order valence-corrected chi connectivity index (χ0v) is 18.4. The molecule has 0 bridgehead atoms. The summed E-state index contributed by atoms with van der Waals surface area (Å²) in [5, 5.41) is 9.70. The van der Waals surface area contributed by atoms with E-state index < -0.39 is 5.56 Å². The molecule has 3 aromatic rings. The molecular formula is C23H22N4O3S. The molecule has 8 heteroatoms. The van der Waals surface area contributed by atoms with Crippen molar-refractivity contribution in [3.05, 3.63) is 75.9 Å². The quantitative estimate of drug-likeness (QED) is 0.250. The Morgan fingerprint density at radius 3 is 2.68 bits per heavy atom. The number of nitrogens with one attached hydrogen (secondary N) is 1. The Kier molecular flexibility index (Phi) is 6.78. The van der Waals surface area contributed by atoms with E-state index in [1.54, 1.807) is 37.5 Å². The fraction of sp³-hybridized carbons (Fsp3) is 0.217. The number of ketones is 1. The summed E-state index contributed by atoms with van der Waals surface area (Å²) in [7, 11) is 1.56. The molecule has 0 amide bonds. The molecular weight excluding hydrogens is 412 g/mol. The van der Waals surface area contributed by atoms with Crippen LogP contribution in [0.2, 0.25) is 0 Å². The van der Waals surface area contributed by atoms with E-state index in [9.17, 15) is 14.9 Å². The van der Waals surface area contributed by atoms with Gasteiger partial charge in [-0.1, -0.05) is 17.8 Å². The first-order valence-corrected chi connectivity index (χ1v) is 10.5. The molecule has 3 rings (SSSR count). The molecule has 0 fully saturated rings. The number of hydrogen-bond donors (Lipinski definition) is 1. The van der Waals surface area contributed by atoms with E-state index in [0.29, 0.717) is 23.4 Å². The molecule has 2 aromatic heterocycles. The van der Waals surface area contributed by atoms with Gasteiger partial charge in [-0.15, -0.1) is 6.58 Å². The first-order chi connectivity index (χ1) is 14.9. The number of nitriles is 1. The lowest BCUT2D eigenvalue weighted by Crippen LogP contribution is -2.15. The summed E-state index contributed by atoms with van der Waals surface area (Å²) in [4.78, 5) is 32.3. The van der Waals surface area contributed by atoms with Crippen LogP contribution in [0.3, 0.4) is 0 Å². The van der Waals surface area contributed by atoms with Gasteiger partial charge >= 0.3 is 0 Å². The van der Waals surface area contributed by atoms with Gasteiger partial charge in [-0.2, -0.15) is 5.26 Å². The summed E-state index contributed by atoms with van der Waals surface area (Å²) < 4.78 is 7.17. The zero-order chi connectivity index (χ0) is 22.5. The number of aromatic nitrogens is 3. The van der Waals surface area contributed by atoms with Crippen molar-refractivity contribution >= 4 is 17.5 Å². The second kappa shape index (κ2) is 9.49. The molecule has 2 heterocycles. The number of carbonyl (C=O) groups is 1. The number of ether oxygens (including phenoxy) is 1. The fourth-order valence-corrected chi connectivity index (χ4v) is 4.03. The summed E-state index contributed by atoms with van der Waals surface area (Å²) in [5.74, 6) is 0.697. The molecule has 31 heavy (non-hydrogen) atoms. The lowest BCUT2D eigenvalue weighted by atomic mass is 10.1. The lowest BCUT2D eigenvalue weighted by molar-refractivity contribution is 0.102. The number of methoxy groups -OCH3 is 1. The normalized spacial score (nSPS) is 10.5. The Morgan fingerprint density at radius 1 is 1.35 bits per heavy atom. The number of Topliss-reactive ketones (excluding diaryl/α,β-unsaturated/α-hetero) is 1. The molecule has 0 aliphatic rings. The minimum atomic E-state index is -0.539. The van der Waals surface area contributed by atoms with E-state index in [2.05, 4.69) is 16.5 Å². The Labute approximate surface area is 184 Å². The van der Waals surface area contributed by atoms with Crippen molar-refractivity contribution in [2.75, 3.05) is 12.9 Å². The average molecular weight is 435 g/mol. The summed E-state index contributed by atoms with van der Waals surface area (Å²) in [6.07, 6.45) is 1.79. The number of H-pyrrole nitrogens is 1. The van der Waals surface area contributed by atoms with Crippen LogP contribution < -0.4 is 10.3 Å². The molecule has 0 atom stereocenters. The van der Waals surface area contributed by atoms with Crippen LogP contribution in [-0.4, -0.2) is 33.2 Å². The van der Waals surface area contributed by atoms with Crippen molar-refractivity contribution in [2.24, 2.45) is 0 Å². The molecule has 1 N–H and O–H groups in total. The van der Waals surface area contributed by atoms with Crippen LogP contribution in [-0.2, 0) is 6.54 Å². The number of rotatable bonds is 8. The maximum Gasteiger partial charge on any atom is 0.270 e. The minimum absolute atomic E-state index is 0.0635. The fourth-order valence-electron chi connectivity index (χ4n) is 3.29. The number of aromatic amines is 1. The van der Waals surface area contributed by atoms with Crippen molar-refractivity contribution in [3.8, 4) is 23.1 Å². The Balaban J connectivity index is 1.87. The van der Waals surface area contributed by atoms with Crippen molar-refractivity contribution < 1.29 is 9.53 Å². The second-order valence-corrected chi connectivity index (χ2v) is 7.79. The average Bonchev–Trinajstić information content (AvgIpc) is 3.06. The van der Waals surface area contributed by atoms with Crippen LogP contribution in [0.15, 0.2) is 52.9 Å². The van der Waals surface area contributed by atoms with E-state index in [1.807, 2.05) is 30.6 Å². The van der Waals surface area contributed by atoms with Gasteiger partial charge in [-0.05, 0) is 44.2 Å². The van der Waals surface area contributed by atoms with Gasteiger partial charge in [-0.25, -0.2) is 4.98 Å². The number of hydrogen-bond acceptors (Lipinski definition) is 6. The Bertz CT molecular complexity index is 1230. The highest BCUT2D eigenvalue weighted by Crippen LogP contribution is 2.25. The third-order valence-corrected chi connectivity index (χ3v) is 5.77. The third-order valence-electron chi connectivity index (χ3n) is 4.90. The van der Waals surface area contributed by atoms with Crippen LogP contribution in [0.5, 0.6) is 5.75 Å². The predicted molar refractivity (Wildman–Crippen MR) is 121 cm³/mol. The van der Waals surface area contributed by atoms with Crippen LogP contribution in [0.4, 0.5) is 0 Å². The van der Waals surface area contributed by atoms with Crippen molar-refractivity contribution in [1.29, 1.82) is 5.26 Å². The van der Waals surface area contributed by atoms with E-state index >= 15 is 0 Å². The molecule has 7 nitrogen and oxygen atoms in total. The molecule has 0 spiro atoms. The molecule has 0 aliphatic heterocycles. The van der Waals surface area contributed by atoms with Crippen LogP contribution in [0, 0.1) is 25.2 Å². The summed E-state index contributed by atoms with van der Waals surface area (Å²) in [6.45, 7) is 8.23. The highest BCUT2D eigenvalue weighted by Gasteiger charge is 2.18. The van der Waals surface area contributed by atoms with Crippen molar-refractivity contribution in [2.45, 2.75) is 25.5 Å². The number of aryl methyl sites for hydroxylation is 1. The van der Waals surface area contributed by atoms with Gasteiger partial charge in [0.25, 0.3) is 5.56 Å². The molecule has 0 radical (unpaired) electrons. The first-order valence-electron chi connectivity index (χ1n) is 9.52. The summed E-state index contributed by atoms with van der Waals surface area (Å²) >= 11 is 1.13. The molecule has 0 unspecified atom stereocenters. The largest absolute Gasteiger partial charge is 0.497 e. The zero-order valence-electron chi connectivity index (χ0n) is 17.6. The van der Waals surface area contributed by atoms with Gasteiger partial charge in [0.1, 0.15) is 17.4 Å². The van der Waals surface area contributed by atoms with Gasteiger partial charge in [0.2, 0.25) is 0 Å². The molecule has 0 saturated carbocycles. The van der Waals surface area contributed by atoms with Crippen LogP contribution >= 0.6 is 11.8 Å². The van der Waals surface area contributed by atoms with E-state index in [0.717, 1.165) is 23.1 Å². The summed E-state index contributed by atoms with van der Waals surface area (Å²) in [5.41, 5.74) is 2.77. The Hall–Kier alpha value is -3.57.